The van der Waals surface area contributed by atoms with Crippen molar-refractivity contribution in [2.24, 2.45) is 0 Å². The molecule has 0 aliphatic heterocycles. The summed E-state index contributed by atoms with van der Waals surface area (Å²) in [5.41, 5.74) is 2.25. The quantitative estimate of drug-likeness (QED) is 0.585. The van der Waals surface area contributed by atoms with Gasteiger partial charge in [-0.05, 0) is 17.0 Å². The molecule has 0 saturated heterocycles. The van der Waals surface area contributed by atoms with Crippen LogP contribution < -0.4 is 5.32 Å². The van der Waals surface area contributed by atoms with Gasteiger partial charge in [-0.3, -0.25) is 14.9 Å². The van der Waals surface area contributed by atoms with E-state index in [1.165, 1.54) is 29.5 Å². The summed E-state index contributed by atoms with van der Waals surface area (Å²) in [6.45, 7) is 2.70. The number of hydrogen-bond donors (Lipinski definition) is 1. The van der Waals surface area contributed by atoms with Gasteiger partial charge in [0.15, 0.2) is 0 Å². The number of carbonyl (C=O) groups is 1. The molecule has 0 heterocycles. The molecule has 0 unspecified atom stereocenters. The molecule has 2 aromatic rings. The molecule has 5 nitrogen and oxygen atoms in total. The van der Waals surface area contributed by atoms with E-state index in [4.69, 9.17) is 0 Å². The minimum atomic E-state index is -0.418. The van der Waals surface area contributed by atoms with Crippen LogP contribution in [0.4, 0.5) is 5.69 Å². The van der Waals surface area contributed by atoms with Crippen molar-refractivity contribution in [1.29, 1.82) is 0 Å². The molecule has 2 rings (SSSR count). The first kappa shape index (κ1) is 18.0. The van der Waals surface area contributed by atoms with Crippen molar-refractivity contribution < 1.29 is 9.72 Å². The molecule has 0 aromatic heterocycles. The van der Waals surface area contributed by atoms with Gasteiger partial charge in [0.2, 0.25) is 5.91 Å². The summed E-state index contributed by atoms with van der Waals surface area (Å²) < 4.78 is 0. The maximum atomic E-state index is 11.9. The summed E-state index contributed by atoms with van der Waals surface area (Å²) in [4.78, 5) is 22.1. The standard InChI is InChI=1S/C18H20N2O3S/c1-14(16-5-3-2-4-6-16)11-19-18(21)13-24-12-15-7-9-17(10-8-15)20(22)23/h2-10,14H,11-13H2,1H3,(H,19,21)/t14-/m0/s1. The van der Waals surface area contributed by atoms with Gasteiger partial charge in [0.1, 0.15) is 0 Å². The maximum Gasteiger partial charge on any atom is 0.269 e. The fourth-order valence-corrected chi connectivity index (χ4v) is 3.01. The molecule has 2 aromatic carbocycles. The van der Waals surface area contributed by atoms with Gasteiger partial charge >= 0.3 is 0 Å². The molecule has 6 heteroatoms. The zero-order chi connectivity index (χ0) is 17.4. The molecule has 0 spiro atoms. The van der Waals surface area contributed by atoms with Crippen molar-refractivity contribution in [2.75, 3.05) is 12.3 Å². The number of nitrogens with one attached hydrogen (secondary N) is 1. The lowest BCUT2D eigenvalue weighted by Crippen LogP contribution is -2.29. The third-order valence-electron chi connectivity index (χ3n) is 3.62. The summed E-state index contributed by atoms with van der Waals surface area (Å²) in [7, 11) is 0. The molecule has 24 heavy (non-hydrogen) atoms. The van der Waals surface area contributed by atoms with Gasteiger partial charge in [-0.25, -0.2) is 0 Å². The zero-order valence-electron chi connectivity index (χ0n) is 13.5. The summed E-state index contributed by atoms with van der Waals surface area (Å²) in [5, 5.41) is 13.5. The Kier molecular flexibility index (Phi) is 6.81. The molecule has 0 fully saturated rings. The number of rotatable bonds is 8. The van der Waals surface area contributed by atoms with E-state index in [0.717, 1.165) is 5.56 Å². The molecular formula is C18H20N2O3S. The van der Waals surface area contributed by atoms with Crippen molar-refractivity contribution in [3.05, 3.63) is 75.8 Å². The molecule has 0 aliphatic rings. The van der Waals surface area contributed by atoms with E-state index >= 15 is 0 Å². The highest BCUT2D eigenvalue weighted by Crippen LogP contribution is 2.17. The molecule has 0 bridgehead atoms. The Bertz CT molecular complexity index is 674. The van der Waals surface area contributed by atoms with Crippen LogP contribution in [0, 0.1) is 10.1 Å². The fourth-order valence-electron chi connectivity index (χ4n) is 2.19. The normalized spacial score (nSPS) is 11.7. The second-order valence-electron chi connectivity index (χ2n) is 5.53. The van der Waals surface area contributed by atoms with Crippen LogP contribution in [0.1, 0.15) is 24.0 Å². The van der Waals surface area contributed by atoms with Crippen LogP contribution in [0.2, 0.25) is 0 Å². The summed E-state index contributed by atoms with van der Waals surface area (Å²) >= 11 is 1.49. The Morgan fingerprint density at radius 2 is 1.83 bits per heavy atom. The predicted octanol–water partition coefficient (Wildman–Crippen LogP) is 3.75. The Labute approximate surface area is 145 Å². The highest BCUT2D eigenvalue weighted by Gasteiger charge is 2.08. The van der Waals surface area contributed by atoms with Crippen molar-refractivity contribution in [1.82, 2.24) is 5.32 Å². The van der Waals surface area contributed by atoms with Crippen LogP contribution >= 0.6 is 11.8 Å². The van der Waals surface area contributed by atoms with Gasteiger partial charge in [0.05, 0.1) is 10.7 Å². The number of amides is 1. The van der Waals surface area contributed by atoms with Crippen LogP contribution in [0.5, 0.6) is 0 Å². The average Bonchev–Trinajstić information content (AvgIpc) is 2.61. The molecule has 0 aliphatic carbocycles. The van der Waals surface area contributed by atoms with Gasteiger partial charge in [-0.1, -0.05) is 49.4 Å². The second kappa shape index (κ2) is 9.08. The number of nitro groups is 1. The number of nitro benzene ring substituents is 1. The Hall–Kier alpha value is -2.34. The van der Waals surface area contributed by atoms with Gasteiger partial charge < -0.3 is 5.32 Å². The monoisotopic (exact) mass is 344 g/mol. The second-order valence-corrected chi connectivity index (χ2v) is 6.52. The number of benzene rings is 2. The molecule has 1 N–H and O–H groups in total. The lowest BCUT2D eigenvalue weighted by atomic mass is 10.0. The molecule has 126 valence electrons. The van der Waals surface area contributed by atoms with Crippen molar-refractivity contribution >= 4 is 23.4 Å². The first-order valence-corrected chi connectivity index (χ1v) is 8.84. The van der Waals surface area contributed by atoms with Crippen molar-refractivity contribution in [2.45, 2.75) is 18.6 Å². The largest absolute Gasteiger partial charge is 0.355 e. The maximum absolute atomic E-state index is 11.9. The van der Waals surface area contributed by atoms with Crippen LogP contribution in [-0.2, 0) is 10.5 Å². The van der Waals surface area contributed by atoms with Gasteiger partial charge in [-0.15, -0.1) is 11.8 Å². The van der Waals surface area contributed by atoms with E-state index in [-0.39, 0.29) is 17.5 Å². The third kappa shape index (κ3) is 5.70. The molecule has 1 atom stereocenters. The third-order valence-corrected chi connectivity index (χ3v) is 4.63. The van der Waals surface area contributed by atoms with E-state index in [9.17, 15) is 14.9 Å². The van der Waals surface area contributed by atoms with Gasteiger partial charge in [0.25, 0.3) is 5.69 Å². The molecular weight excluding hydrogens is 324 g/mol. The van der Waals surface area contributed by atoms with E-state index in [1.807, 2.05) is 18.2 Å². The Morgan fingerprint density at radius 1 is 1.17 bits per heavy atom. The van der Waals surface area contributed by atoms with Crippen molar-refractivity contribution in [3.8, 4) is 0 Å². The minimum Gasteiger partial charge on any atom is -0.355 e. The highest BCUT2D eigenvalue weighted by molar-refractivity contribution is 7.99. The number of thioether (sulfide) groups is 1. The van der Waals surface area contributed by atoms with E-state index in [2.05, 4.69) is 24.4 Å². The van der Waals surface area contributed by atoms with E-state index in [0.29, 0.717) is 18.1 Å². The van der Waals surface area contributed by atoms with Crippen molar-refractivity contribution in [3.63, 3.8) is 0 Å². The Balaban J connectivity index is 1.68. The summed E-state index contributed by atoms with van der Waals surface area (Å²) in [6, 6.07) is 16.5. The smallest absolute Gasteiger partial charge is 0.269 e. The highest BCUT2D eigenvalue weighted by atomic mass is 32.2. The van der Waals surface area contributed by atoms with Crippen LogP contribution in [-0.4, -0.2) is 23.1 Å². The molecule has 0 radical (unpaired) electrons. The lowest BCUT2D eigenvalue weighted by Gasteiger charge is -2.13. The topological polar surface area (TPSA) is 72.2 Å². The van der Waals surface area contributed by atoms with E-state index < -0.39 is 4.92 Å². The number of hydrogen-bond acceptors (Lipinski definition) is 4. The predicted molar refractivity (Wildman–Crippen MR) is 97.1 cm³/mol. The minimum absolute atomic E-state index is 0.00435. The summed E-state index contributed by atoms with van der Waals surface area (Å²) in [5.74, 6) is 1.30. The number of nitrogens with zero attached hydrogens (tertiary/aromatic N) is 1. The average molecular weight is 344 g/mol. The zero-order valence-corrected chi connectivity index (χ0v) is 14.3. The van der Waals surface area contributed by atoms with Crippen LogP contribution in [0.25, 0.3) is 0 Å². The lowest BCUT2D eigenvalue weighted by molar-refractivity contribution is -0.384. The summed E-state index contributed by atoms with van der Waals surface area (Å²) in [6.07, 6.45) is 0. The SMILES string of the molecule is C[C@@H](CNC(=O)CSCc1ccc([N+](=O)[O-])cc1)c1ccccc1. The first-order valence-electron chi connectivity index (χ1n) is 7.69. The van der Waals surface area contributed by atoms with Crippen LogP contribution in [0.15, 0.2) is 54.6 Å². The fraction of sp³-hybridized carbons (Fsp3) is 0.278. The number of carbonyl (C=O) groups excluding carboxylic acids is 1. The van der Waals surface area contributed by atoms with Gasteiger partial charge in [0, 0.05) is 24.4 Å². The molecule has 1 amide bonds. The number of non-ortho nitro benzene ring substituents is 1. The first-order chi connectivity index (χ1) is 11.6. The Morgan fingerprint density at radius 3 is 2.46 bits per heavy atom. The molecule has 0 saturated carbocycles. The van der Waals surface area contributed by atoms with Gasteiger partial charge in [-0.2, -0.15) is 0 Å². The van der Waals surface area contributed by atoms with Crippen LogP contribution in [0.3, 0.4) is 0 Å². The van der Waals surface area contributed by atoms with E-state index in [1.54, 1.807) is 12.1 Å².